The number of rotatable bonds is 7. The lowest BCUT2D eigenvalue weighted by atomic mass is 9.85. The van der Waals surface area contributed by atoms with E-state index in [-0.39, 0.29) is 11.5 Å². The summed E-state index contributed by atoms with van der Waals surface area (Å²) in [4.78, 5) is 0. The third-order valence-electron chi connectivity index (χ3n) is 4.49. The van der Waals surface area contributed by atoms with E-state index in [9.17, 15) is 44.6 Å². The average Bonchev–Trinajstić information content (AvgIpc) is 2.51. The molecule has 1 N–H and O–H groups in total. The second-order valence-electron chi connectivity index (χ2n) is 6.73. The molecule has 0 heterocycles. The number of halogens is 9. The molecule has 1 aromatic carbocycles. The number of benzene rings is 1. The van der Waals surface area contributed by atoms with Crippen LogP contribution in [-0.2, 0) is 5.60 Å². The van der Waals surface area contributed by atoms with Crippen molar-refractivity contribution in [1.82, 2.24) is 0 Å². The summed E-state index contributed by atoms with van der Waals surface area (Å²) >= 11 is 0. The van der Waals surface area contributed by atoms with Gasteiger partial charge in [0.15, 0.2) is 0 Å². The third-order valence-corrected chi connectivity index (χ3v) is 4.49. The highest BCUT2D eigenvalue weighted by Crippen LogP contribution is 2.55. The molecule has 156 valence electrons. The topological polar surface area (TPSA) is 20.2 Å². The fourth-order valence-electron chi connectivity index (χ4n) is 2.46. The highest BCUT2D eigenvalue weighted by atomic mass is 19.4. The van der Waals surface area contributed by atoms with Gasteiger partial charge in [0.05, 0.1) is 12.0 Å². The zero-order valence-electron chi connectivity index (χ0n) is 14.6. The second-order valence-corrected chi connectivity index (χ2v) is 6.73. The smallest absolute Gasteiger partial charge is 0.385 e. The van der Waals surface area contributed by atoms with Crippen molar-refractivity contribution >= 4 is 0 Å². The molecule has 0 fully saturated rings. The van der Waals surface area contributed by atoms with Crippen LogP contribution in [0.5, 0.6) is 0 Å². The van der Waals surface area contributed by atoms with Gasteiger partial charge in [-0.1, -0.05) is 38.1 Å². The van der Waals surface area contributed by atoms with E-state index in [4.69, 9.17) is 0 Å². The van der Waals surface area contributed by atoms with E-state index >= 15 is 0 Å². The zero-order valence-corrected chi connectivity index (χ0v) is 14.6. The second kappa shape index (κ2) is 7.18. The van der Waals surface area contributed by atoms with Crippen molar-refractivity contribution in [1.29, 1.82) is 0 Å². The monoisotopic (exact) mass is 410 g/mol. The zero-order chi connectivity index (χ0) is 21.5. The van der Waals surface area contributed by atoms with Crippen LogP contribution in [-0.4, -0.2) is 29.1 Å². The Bertz CT molecular complexity index is 633. The molecule has 1 rings (SSSR count). The molecular weight excluding hydrogens is 391 g/mol. The average molecular weight is 410 g/mol. The Hall–Kier alpha value is -1.45. The SMILES string of the molecule is CCC(C)c1ccc(C(C)(O)CC(F)(F)C(F)(F)C(F)(F)C(F)(F)F)cc1. The molecule has 0 aromatic heterocycles. The van der Waals surface area contributed by atoms with Gasteiger partial charge in [0.2, 0.25) is 0 Å². The summed E-state index contributed by atoms with van der Waals surface area (Å²) in [6.45, 7) is 4.36. The standard InChI is InChI=1S/C17H19F9O/c1-4-10(2)11-5-7-12(8-6-11)13(3,27)9-14(18,19)15(20,21)16(22,23)17(24,25)26/h5-8,10,27H,4,9H2,1-3H3. The Morgan fingerprint density at radius 3 is 1.67 bits per heavy atom. The van der Waals surface area contributed by atoms with Crippen LogP contribution in [0.2, 0.25) is 0 Å². The van der Waals surface area contributed by atoms with E-state index in [0.717, 1.165) is 24.1 Å². The van der Waals surface area contributed by atoms with Crippen LogP contribution < -0.4 is 0 Å². The predicted octanol–water partition coefficient (Wildman–Crippen LogP) is 6.27. The number of alkyl halides is 9. The van der Waals surface area contributed by atoms with E-state index in [1.54, 1.807) is 0 Å². The van der Waals surface area contributed by atoms with Crippen molar-refractivity contribution in [2.45, 2.75) is 69.1 Å². The normalized spacial score (nSPS) is 17.5. The van der Waals surface area contributed by atoms with Crippen molar-refractivity contribution in [3.63, 3.8) is 0 Å². The predicted molar refractivity (Wildman–Crippen MR) is 80.2 cm³/mol. The fraction of sp³-hybridized carbons (Fsp3) is 0.647. The van der Waals surface area contributed by atoms with Gasteiger partial charge in [-0.2, -0.15) is 39.5 Å². The Labute approximate surface area is 150 Å². The van der Waals surface area contributed by atoms with Crippen molar-refractivity contribution in [3.8, 4) is 0 Å². The van der Waals surface area contributed by atoms with Gasteiger partial charge in [-0.25, -0.2) is 0 Å². The largest absolute Gasteiger partial charge is 0.460 e. The Morgan fingerprint density at radius 2 is 1.30 bits per heavy atom. The highest BCUT2D eigenvalue weighted by Gasteiger charge is 2.81. The maximum absolute atomic E-state index is 13.8. The molecule has 0 aliphatic rings. The van der Waals surface area contributed by atoms with Crippen LogP contribution in [0.1, 0.15) is 50.7 Å². The van der Waals surface area contributed by atoms with Gasteiger partial charge in [0.25, 0.3) is 0 Å². The molecule has 0 saturated heterocycles. The van der Waals surface area contributed by atoms with Gasteiger partial charge < -0.3 is 5.11 Å². The summed E-state index contributed by atoms with van der Waals surface area (Å²) in [5, 5.41) is 10.1. The van der Waals surface area contributed by atoms with Gasteiger partial charge in [0.1, 0.15) is 0 Å². The van der Waals surface area contributed by atoms with Gasteiger partial charge in [-0.15, -0.1) is 0 Å². The molecule has 0 saturated carbocycles. The van der Waals surface area contributed by atoms with Crippen LogP contribution in [0.4, 0.5) is 39.5 Å². The summed E-state index contributed by atoms with van der Waals surface area (Å²) in [5.74, 6) is -19.5. The van der Waals surface area contributed by atoms with E-state index in [1.807, 2.05) is 13.8 Å². The lowest BCUT2D eigenvalue weighted by Gasteiger charge is -2.37. The summed E-state index contributed by atoms with van der Waals surface area (Å²) < 4.78 is 117. The summed E-state index contributed by atoms with van der Waals surface area (Å²) in [6, 6.07) is 5.13. The summed E-state index contributed by atoms with van der Waals surface area (Å²) in [7, 11) is 0. The van der Waals surface area contributed by atoms with Crippen LogP contribution in [0.25, 0.3) is 0 Å². The number of hydrogen-bond acceptors (Lipinski definition) is 1. The van der Waals surface area contributed by atoms with Crippen molar-refractivity contribution in [2.75, 3.05) is 0 Å². The Morgan fingerprint density at radius 1 is 0.852 bits per heavy atom. The molecule has 0 aliphatic heterocycles. The molecule has 2 atom stereocenters. The van der Waals surface area contributed by atoms with Crippen molar-refractivity contribution < 1.29 is 44.6 Å². The molecule has 2 unspecified atom stereocenters. The first-order chi connectivity index (χ1) is 11.9. The van der Waals surface area contributed by atoms with Crippen molar-refractivity contribution in [3.05, 3.63) is 35.4 Å². The molecule has 0 aliphatic carbocycles. The van der Waals surface area contributed by atoms with E-state index in [2.05, 4.69) is 0 Å². The van der Waals surface area contributed by atoms with Crippen LogP contribution in [0.15, 0.2) is 24.3 Å². The fourth-order valence-corrected chi connectivity index (χ4v) is 2.46. The molecule has 1 nitrogen and oxygen atoms in total. The molecule has 0 radical (unpaired) electrons. The van der Waals surface area contributed by atoms with Gasteiger partial charge in [0, 0.05) is 0 Å². The van der Waals surface area contributed by atoms with E-state index in [0.29, 0.717) is 6.92 Å². The molecule has 1 aromatic rings. The van der Waals surface area contributed by atoms with Gasteiger partial charge >= 0.3 is 23.9 Å². The molecular formula is C17H19F9O. The quantitative estimate of drug-likeness (QED) is 0.526. The first kappa shape index (κ1) is 23.6. The highest BCUT2D eigenvalue weighted by molar-refractivity contribution is 5.29. The first-order valence-electron chi connectivity index (χ1n) is 7.93. The van der Waals surface area contributed by atoms with Crippen LogP contribution in [0, 0.1) is 0 Å². The lowest BCUT2D eigenvalue weighted by molar-refractivity contribution is -0.400. The summed E-state index contributed by atoms with van der Waals surface area (Å²) in [5.41, 5.74) is -2.35. The van der Waals surface area contributed by atoms with Gasteiger partial charge in [-0.3, -0.25) is 0 Å². The molecule has 10 heteroatoms. The van der Waals surface area contributed by atoms with E-state index in [1.165, 1.54) is 12.1 Å². The number of aliphatic hydroxyl groups is 1. The lowest BCUT2D eigenvalue weighted by Crippen LogP contribution is -2.62. The Balaban J connectivity index is 3.19. The minimum absolute atomic E-state index is 0.0697. The minimum atomic E-state index is -6.97. The molecule has 0 bridgehead atoms. The third kappa shape index (κ3) is 4.35. The molecule has 0 amide bonds. The molecule has 0 spiro atoms. The van der Waals surface area contributed by atoms with Crippen LogP contribution >= 0.6 is 0 Å². The Kier molecular flexibility index (Phi) is 6.27. The van der Waals surface area contributed by atoms with Crippen LogP contribution in [0.3, 0.4) is 0 Å². The maximum Gasteiger partial charge on any atom is 0.460 e. The first-order valence-corrected chi connectivity index (χ1v) is 7.93. The summed E-state index contributed by atoms with van der Waals surface area (Å²) in [6.07, 6.45) is -8.49. The maximum atomic E-state index is 13.8. The molecule has 27 heavy (non-hydrogen) atoms. The minimum Gasteiger partial charge on any atom is -0.385 e. The number of hydrogen-bond donors (Lipinski definition) is 1. The van der Waals surface area contributed by atoms with E-state index < -0.39 is 36.0 Å². The van der Waals surface area contributed by atoms with Gasteiger partial charge in [-0.05, 0) is 30.4 Å². The van der Waals surface area contributed by atoms with Crippen molar-refractivity contribution in [2.24, 2.45) is 0 Å².